The molecule has 0 bridgehead atoms. The largest absolute Gasteiger partial charge is 0.374 e. The Labute approximate surface area is 112 Å². The first-order valence-corrected chi connectivity index (χ1v) is 6.23. The van der Waals surface area contributed by atoms with E-state index in [0.717, 1.165) is 5.56 Å². The molecule has 96 valence electrons. The van der Waals surface area contributed by atoms with Gasteiger partial charge in [-0.2, -0.15) is 0 Å². The van der Waals surface area contributed by atoms with E-state index in [9.17, 15) is 0 Å². The smallest absolute Gasteiger partial charge is 0.0833 e. The molecule has 5 heteroatoms. The molecule has 0 aliphatic carbocycles. The fraction of sp³-hybridized carbons (Fsp3) is 0.500. The summed E-state index contributed by atoms with van der Waals surface area (Å²) in [5, 5.41) is 1.04. The lowest BCUT2D eigenvalue weighted by molar-refractivity contribution is -0.0392. The molecule has 1 atom stereocenters. The number of ether oxygens (including phenoxy) is 1. The zero-order chi connectivity index (χ0) is 13.1. The third kappa shape index (κ3) is 3.57. The molecule has 0 amide bonds. The number of halogens is 2. The second-order valence-electron chi connectivity index (χ2n) is 4.31. The zero-order valence-electron chi connectivity index (χ0n) is 10.3. The van der Waals surface area contributed by atoms with Gasteiger partial charge in [0.1, 0.15) is 0 Å². The highest BCUT2D eigenvalue weighted by Crippen LogP contribution is 2.32. The minimum Gasteiger partial charge on any atom is -0.374 e. The summed E-state index contributed by atoms with van der Waals surface area (Å²) in [7, 11) is 0. The molecular formula is C12H18Cl2N2O. The van der Waals surface area contributed by atoms with Crippen LogP contribution in [0.15, 0.2) is 18.2 Å². The first-order valence-electron chi connectivity index (χ1n) is 5.47. The summed E-state index contributed by atoms with van der Waals surface area (Å²) in [4.78, 5) is 0. The predicted octanol–water partition coefficient (Wildman–Crippen LogP) is 3.31. The normalized spacial score (nSPS) is 13.8. The average molecular weight is 277 g/mol. The minimum absolute atomic E-state index is 0.155. The lowest BCUT2D eigenvalue weighted by Gasteiger charge is -2.34. The quantitative estimate of drug-likeness (QED) is 0.641. The highest BCUT2D eigenvalue weighted by molar-refractivity contribution is 6.42. The Bertz CT molecular complexity index is 383. The highest BCUT2D eigenvalue weighted by Gasteiger charge is 2.30. The van der Waals surface area contributed by atoms with Crippen molar-refractivity contribution in [2.24, 2.45) is 5.84 Å². The van der Waals surface area contributed by atoms with Crippen LogP contribution in [0.5, 0.6) is 0 Å². The maximum absolute atomic E-state index is 6.00. The molecule has 0 aliphatic heterocycles. The first kappa shape index (κ1) is 14.7. The van der Waals surface area contributed by atoms with E-state index in [2.05, 4.69) is 5.43 Å². The lowest BCUT2D eigenvalue weighted by atomic mass is 9.92. The molecule has 17 heavy (non-hydrogen) atoms. The van der Waals surface area contributed by atoms with Gasteiger partial charge in [0.05, 0.1) is 21.7 Å². The SMILES string of the molecule is CCOC(C)(C)C(NN)c1ccc(Cl)c(Cl)c1. The topological polar surface area (TPSA) is 47.3 Å². The molecule has 0 radical (unpaired) electrons. The van der Waals surface area contributed by atoms with Gasteiger partial charge in [0.15, 0.2) is 0 Å². The molecule has 0 aromatic heterocycles. The number of nitrogens with two attached hydrogens (primary N) is 1. The first-order chi connectivity index (χ1) is 7.92. The Morgan fingerprint density at radius 3 is 2.47 bits per heavy atom. The van der Waals surface area contributed by atoms with Crippen molar-refractivity contribution in [3.05, 3.63) is 33.8 Å². The van der Waals surface area contributed by atoms with Crippen molar-refractivity contribution in [3.63, 3.8) is 0 Å². The van der Waals surface area contributed by atoms with Crippen LogP contribution in [0.1, 0.15) is 32.4 Å². The number of hydrogen-bond donors (Lipinski definition) is 2. The maximum atomic E-state index is 6.00. The van der Waals surface area contributed by atoms with Crippen LogP contribution in [-0.4, -0.2) is 12.2 Å². The van der Waals surface area contributed by atoms with Crippen LogP contribution in [0.3, 0.4) is 0 Å². The number of benzene rings is 1. The number of hydrazine groups is 1. The van der Waals surface area contributed by atoms with Crippen LogP contribution in [0, 0.1) is 0 Å². The Kier molecular flexibility index (Phi) is 5.22. The van der Waals surface area contributed by atoms with Crippen LogP contribution in [0.25, 0.3) is 0 Å². The van der Waals surface area contributed by atoms with E-state index in [1.54, 1.807) is 12.1 Å². The summed E-state index contributed by atoms with van der Waals surface area (Å²) in [6.45, 7) is 6.52. The summed E-state index contributed by atoms with van der Waals surface area (Å²) >= 11 is 11.9. The second-order valence-corrected chi connectivity index (χ2v) is 5.12. The average Bonchev–Trinajstić information content (AvgIpc) is 2.23. The molecule has 0 saturated heterocycles. The van der Waals surface area contributed by atoms with Gasteiger partial charge in [-0.1, -0.05) is 29.3 Å². The van der Waals surface area contributed by atoms with E-state index < -0.39 is 5.60 Å². The van der Waals surface area contributed by atoms with Crippen molar-refractivity contribution in [3.8, 4) is 0 Å². The summed E-state index contributed by atoms with van der Waals surface area (Å²) in [6, 6.07) is 5.29. The van der Waals surface area contributed by atoms with Gasteiger partial charge in [-0.05, 0) is 38.5 Å². The van der Waals surface area contributed by atoms with Crippen LogP contribution in [0.4, 0.5) is 0 Å². The molecule has 1 rings (SSSR count). The van der Waals surface area contributed by atoms with Gasteiger partial charge in [0.2, 0.25) is 0 Å². The Morgan fingerprint density at radius 1 is 1.35 bits per heavy atom. The van der Waals surface area contributed by atoms with Crippen molar-refractivity contribution < 1.29 is 4.74 Å². The molecule has 0 fully saturated rings. The van der Waals surface area contributed by atoms with Gasteiger partial charge in [-0.3, -0.25) is 11.3 Å². The molecule has 1 unspecified atom stereocenters. The maximum Gasteiger partial charge on any atom is 0.0833 e. The van der Waals surface area contributed by atoms with Crippen molar-refractivity contribution in [2.75, 3.05) is 6.61 Å². The molecule has 0 aliphatic rings. The van der Waals surface area contributed by atoms with Gasteiger partial charge in [0.25, 0.3) is 0 Å². The Hall–Kier alpha value is -0.320. The van der Waals surface area contributed by atoms with Crippen LogP contribution >= 0.6 is 23.2 Å². The summed E-state index contributed by atoms with van der Waals surface area (Å²) in [5.74, 6) is 5.60. The fourth-order valence-corrected chi connectivity index (χ4v) is 2.15. The third-order valence-corrected chi connectivity index (χ3v) is 3.39. The van der Waals surface area contributed by atoms with E-state index in [0.29, 0.717) is 16.7 Å². The van der Waals surface area contributed by atoms with E-state index in [-0.39, 0.29) is 6.04 Å². The van der Waals surface area contributed by atoms with Crippen molar-refractivity contribution in [1.82, 2.24) is 5.43 Å². The molecule has 0 spiro atoms. The summed E-state index contributed by atoms with van der Waals surface area (Å²) in [5.41, 5.74) is 3.28. The predicted molar refractivity (Wildman–Crippen MR) is 72.2 cm³/mol. The van der Waals surface area contributed by atoms with Crippen LogP contribution in [0.2, 0.25) is 10.0 Å². The number of nitrogens with one attached hydrogen (secondary N) is 1. The van der Waals surface area contributed by atoms with E-state index in [1.165, 1.54) is 0 Å². The van der Waals surface area contributed by atoms with E-state index in [1.807, 2.05) is 26.8 Å². The highest BCUT2D eigenvalue weighted by atomic mass is 35.5. The third-order valence-electron chi connectivity index (χ3n) is 2.66. The van der Waals surface area contributed by atoms with Crippen molar-refractivity contribution in [2.45, 2.75) is 32.4 Å². The minimum atomic E-state index is -0.430. The molecular weight excluding hydrogens is 259 g/mol. The van der Waals surface area contributed by atoms with Gasteiger partial charge in [-0.15, -0.1) is 0 Å². The fourth-order valence-electron chi connectivity index (χ4n) is 1.85. The van der Waals surface area contributed by atoms with Gasteiger partial charge >= 0.3 is 0 Å². The molecule has 1 aromatic carbocycles. The monoisotopic (exact) mass is 276 g/mol. The molecule has 0 heterocycles. The summed E-state index contributed by atoms with van der Waals surface area (Å²) < 4.78 is 5.69. The molecule has 1 aromatic rings. The standard InChI is InChI=1S/C12H18Cl2N2O/c1-4-17-12(2,3)11(16-15)8-5-6-9(13)10(14)7-8/h5-7,11,16H,4,15H2,1-3H3. The second kappa shape index (κ2) is 6.03. The van der Waals surface area contributed by atoms with Crippen molar-refractivity contribution in [1.29, 1.82) is 0 Å². The number of hydrogen-bond acceptors (Lipinski definition) is 3. The Balaban J connectivity index is 3.05. The van der Waals surface area contributed by atoms with Crippen LogP contribution in [-0.2, 0) is 4.74 Å². The van der Waals surface area contributed by atoms with Gasteiger partial charge < -0.3 is 4.74 Å². The number of rotatable bonds is 5. The molecule has 3 nitrogen and oxygen atoms in total. The van der Waals surface area contributed by atoms with Gasteiger partial charge in [-0.25, -0.2) is 0 Å². The van der Waals surface area contributed by atoms with Crippen LogP contribution < -0.4 is 11.3 Å². The van der Waals surface area contributed by atoms with E-state index >= 15 is 0 Å². The summed E-state index contributed by atoms with van der Waals surface area (Å²) in [6.07, 6.45) is 0. The Morgan fingerprint density at radius 2 is 2.00 bits per heavy atom. The zero-order valence-corrected chi connectivity index (χ0v) is 11.8. The molecule has 3 N–H and O–H groups in total. The molecule has 0 saturated carbocycles. The lowest BCUT2D eigenvalue weighted by Crippen LogP contribution is -2.44. The van der Waals surface area contributed by atoms with E-state index in [4.69, 9.17) is 33.8 Å². The van der Waals surface area contributed by atoms with Crippen molar-refractivity contribution >= 4 is 23.2 Å². The van der Waals surface area contributed by atoms with Gasteiger partial charge in [0, 0.05) is 6.61 Å².